The van der Waals surface area contributed by atoms with Crippen LogP contribution < -0.4 is 10.1 Å². The third-order valence-electron chi connectivity index (χ3n) is 4.27. The van der Waals surface area contributed by atoms with E-state index in [2.05, 4.69) is 31.0 Å². The molecule has 4 nitrogen and oxygen atoms in total. The molecular weight excluding hydrogens is 276 g/mol. The van der Waals surface area contributed by atoms with Gasteiger partial charge < -0.3 is 15.2 Å². The average molecular weight is 306 g/mol. The molecule has 0 aromatic heterocycles. The fraction of sp³-hybridized carbons (Fsp3) is 0.667. The fourth-order valence-electron chi connectivity index (χ4n) is 2.83. The van der Waals surface area contributed by atoms with Crippen LogP contribution in [0.5, 0.6) is 5.75 Å². The molecule has 1 heterocycles. The average Bonchev–Trinajstić information content (AvgIpc) is 2.51. The lowest BCUT2D eigenvalue weighted by molar-refractivity contribution is 0.0800. The quantitative estimate of drug-likeness (QED) is 0.846. The molecule has 1 fully saturated rings. The number of hydrogen-bond acceptors (Lipinski definition) is 4. The van der Waals surface area contributed by atoms with Crippen LogP contribution in [0.4, 0.5) is 0 Å². The number of likely N-dealkylation sites (tertiary alicyclic amines) is 1. The number of rotatable bonds is 6. The van der Waals surface area contributed by atoms with E-state index in [1.807, 2.05) is 30.3 Å². The van der Waals surface area contributed by atoms with Gasteiger partial charge in [0.25, 0.3) is 0 Å². The maximum Gasteiger partial charge on any atom is 0.119 e. The summed E-state index contributed by atoms with van der Waals surface area (Å²) in [6, 6.07) is 10.1. The summed E-state index contributed by atoms with van der Waals surface area (Å²) in [5.74, 6) is 0.806. The monoisotopic (exact) mass is 306 g/mol. The predicted molar refractivity (Wildman–Crippen MR) is 90.3 cm³/mol. The second-order valence-corrected chi connectivity index (χ2v) is 7.12. The van der Waals surface area contributed by atoms with Crippen molar-refractivity contribution in [2.45, 2.75) is 51.3 Å². The summed E-state index contributed by atoms with van der Waals surface area (Å²) in [5, 5.41) is 13.5. The van der Waals surface area contributed by atoms with Crippen molar-refractivity contribution in [2.75, 3.05) is 26.2 Å². The van der Waals surface area contributed by atoms with Crippen LogP contribution in [0.3, 0.4) is 0 Å². The van der Waals surface area contributed by atoms with Crippen molar-refractivity contribution < 1.29 is 9.84 Å². The minimum Gasteiger partial charge on any atom is -0.491 e. The van der Waals surface area contributed by atoms with Gasteiger partial charge in [0.15, 0.2) is 0 Å². The Kier molecular flexibility index (Phi) is 6.24. The Labute approximate surface area is 134 Å². The van der Waals surface area contributed by atoms with E-state index < -0.39 is 6.10 Å². The standard InChI is InChI=1S/C18H30N2O2/c1-18(2,3)20-11-9-15(10-12-20)19-13-16(21)14-22-17-7-5-4-6-8-17/h4-8,15-16,19,21H,9-14H2,1-3H3. The van der Waals surface area contributed by atoms with Gasteiger partial charge in [-0.1, -0.05) is 18.2 Å². The van der Waals surface area contributed by atoms with Crippen LogP contribution in [0.15, 0.2) is 30.3 Å². The van der Waals surface area contributed by atoms with Gasteiger partial charge in [-0.15, -0.1) is 0 Å². The minimum absolute atomic E-state index is 0.258. The van der Waals surface area contributed by atoms with Crippen LogP contribution in [-0.2, 0) is 0 Å². The second-order valence-electron chi connectivity index (χ2n) is 7.12. The lowest BCUT2D eigenvalue weighted by Crippen LogP contribution is -2.51. The van der Waals surface area contributed by atoms with E-state index in [9.17, 15) is 5.11 Å². The molecule has 0 spiro atoms. The summed E-state index contributed by atoms with van der Waals surface area (Å²) in [6.45, 7) is 9.97. The molecule has 0 radical (unpaired) electrons. The number of nitrogens with zero attached hydrogens (tertiary/aromatic N) is 1. The first-order valence-electron chi connectivity index (χ1n) is 8.29. The Morgan fingerprint density at radius 1 is 1.23 bits per heavy atom. The number of aliphatic hydroxyl groups is 1. The fourth-order valence-corrected chi connectivity index (χ4v) is 2.83. The van der Waals surface area contributed by atoms with Gasteiger partial charge in [0, 0.05) is 31.2 Å². The summed E-state index contributed by atoms with van der Waals surface area (Å²) < 4.78 is 5.57. The van der Waals surface area contributed by atoms with Gasteiger partial charge in [0.2, 0.25) is 0 Å². The van der Waals surface area contributed by atoms with Crippen molar-refractivity contribution >= 4 is 0 Å². The lowest BCUT2D eigenvalue weighted by atomic mass is 9.98. The number of benzene rings is 1. The molecule has 1 aliphatic heterocycles. The Balaban J connectivity index is 1.62. The van der Waals surface area contributed by atoms with E-state index in [1.165, 1.54) is 0 Å². The Hall–Kier alpha value is -1.10. The van der Waals surface area contributed by atoms with Gasteiger partial charge in [-0.25, -0.2) is 0 Å². The molecule has 1 aromatic rings. The normalized spacial score (nSPS) is 19.1. The Morgan fingerprint density at radius 2 is 1.86 bits per heavy atom. The highest BCUT2D eigenvalue weighted by atomic mass is 16.5. The lowest BCUT2D eigenvalue weighted by Gasteiger charge is -2.41. The van der Waals surface area contributed by atoms with E-state index in [1.54, 1.807) is 0 Å². The molecule has 0 aliphatic carbocycles. The smallest absolute Gasteiger partial charge is 0.119 e. The first-order chi connectivity index (χ1) is 10.4. The first-order valence-corrected chi connectivity index (χ1v) is 8.29. The molecule has 2 N–H and O–H groups in total. The highest BCUT2D eigenvalue weighted by Crippen LogP contribution is 2.20. The first kappa shape index (κ1) is 17.3. The van der Waals surface area contributed by atoms with E-state index >= 15 is 0 Å². The molecule has 0 amide bonds. The molecular formula is C18H30N2O2. The Bertz CT molecular complexity index is 422. The van der Waals surface area contributed by atoms with Crippen LogP contribution in [-0.4, -0.2) is 53.9 Å². The molecule has 124 valence electrons. The number of nitrogens with one attached hydrogen (secondary N) is 1. The van der Waals surface area contributed by atoms with Gasteiger partial charge in [-0.2, -0.15) is 0 Å². The minimum atomic E-state index is -0.471. The van der Waals surface area contributed by atoms with Crippen LogP contribution in [0.2, 0.25) is 0 Å². The molecule has 22 heavy (non-hydrogen) atoms. The number of hydrogen-bond donors (Lipinski definition) is 2. The summed E-state index contributed by atoms with van der Waals surface area (Å²) in [5.41, 5.74) is 0.258. The summed E-state index contributed by atoms with van der Waals surface area (Å²) >= 11 is 0. The molecule has 1 unspecified atom stereocenters. The van der Waals surface area contributed by atoms with Crippen LogP contribution in [0, 0.1) is 0 Å². The topological polar surface area (TPSA) is 44.7 Å². The van der Waals surface area contributed by atoms with Crippen molar-refractivity contribution in [2.24, 2.45) is 0 Å². The SMILES string of the molecule is CC(C)(C)N1CCC(NCC(O)COc2ccccc2)CC1. The van der Waals surface area contributed by atoms with Crippen molar-refractivity contribution in [3.8, 4) is 5.75 Å². The molecule has 1 aliphatic rings. The van der Waals surface area contributed by atoms with Crippen LogP contribution in [0.25, 0.3) is 0 Å². The van der Waals surface area contributed by atoms with Crippen molar-refractivity contribution in [3.63, 3.8) is 0 Å². The number of piperidine rings is 1. The van der Waals surface area contributed by atoms with Gasteiger partial charge in [0.1, 0.15) is 18.5 Å². The maximum absolute atomic E-state index is 10.0. The predicted octanol–water partition coefficient (Wildman–Crippen LogP) is 2.28. The van der Waals surface area contributed by atoms with Gasteiger partial charge in [-0.05, 0) is 45.7 Å². The van der Waals surface area contributed by atoms with E-state index in [0.717, 1.165) is 31.7 Å². The Morgan fingerprint density at radius 3 is 2.45 bits per heavy atom. The van der Waals surface area contributed by atoms with Gasteiger partial charge in [-0.3, -0.25) is 4.90 Å². The highest BCUT2D eigenvalue weighted by molar-refractivity contribution is 5.20. The third-order valence-corrected chi connectivity index (χ3v) is 4.27. The molecule has 2 rings (SSSR count). The van der Waals surface area contributed by atoms with Crippen molar-refractivity contribution in [3.05, 3.63) is 30.3 Å². The number of ether oxygens (including phenoxy) is 1. The van der Waals surface area contributed by atoms with E-state index in [4.69, 9.17) is 4.74 Å². The summed E-state index contributed by atoms with van der Waals surface area (Å²) in [4.78, 5) is 2.53. The second kappa shape index (κ2) is 7.95. The zero-order valence-electron chi connectivity index (χ0n) is 14.1. The number of para-hydroxylation sites is 1. The van der Waals surface area contributed by atoms with Crippen molar-refractivity contribution in [1.82, 2.24) is 10.2 Å². The molecule has 0 bridgehead atoms. The van der Waals surface area contributed by atoms with Crippen molar-refractivity contribution in [1.29, 1.82) is 0 Å². The van der Waals surface area contributed by atoms with Gasteiger partial charge in [0.05, 0.1) is 0 Å². The van der Waals surface area contributed by atoms with E-state index in [-0.39, 0.29) is 5.54 Å². The number of aliphatic hydroxyl groups excluding tert-OH is 1. The highest BCUT2D eigenvalue weighted by Gasteiger charge is 2.26. The zero-order chi connectivity index (χ0) is 16.0. The largest absolute Gasteiger partial charge is 0.491 e. The third kappa shape index (κ3) is 5.59. The summed E-state index contributed by atoms with van der Waals surface area (Å²) in [7, 11) is 0. The molecule has 0 saturated carbocycles. The molecule has 4 heteroatoms. The molecule has 1 aromatic carbocycles. The summed E-state index contributed by atoms with van der Waals surface area (Å²) in [6.07, 6.45) is 1.81. The van der Waals surface area contributed by atoms with Crippen LogP contribution >= 0.6 is 0 Å². The maximum atomic E-state index is 10.0. The molecule has 1 atom stereocenters. The zero-order valence-corrected chi connectivity index (χ0v) is 14.1. The molecule has 1 saturated heterocycles. The van der Waals surface area contributed by atoms with E-state index in [0.29, 0.717) is 19.2 Å². The van der Waals surface area contributed by atoms with Crippen LogP contribution in [0.1, 0.15) is 33.6 Å². The van der Waals surface area contributed by atoms with Gasteiger partial charge >= 0.3 is 0 Å².